The molecule has 0 aliphatic heterocycles. The smallest absolute Gasteiger partial charge is 0.148 e. The molecule has 2 aromatic rings. The van der Waals surface area contributed by atoms with Crippen LogP contribution in [0.25, 0.3) is 0 Å². The minimum absolute atomic E-state index is 0.450. The number of pyridine rings is 1. The molecule has 0 bridgehead atoms. The first-order chi connectivity index (χ1) is 9.10. The van der Waals surface area contributed by atoms with Crippen LogP contribution in [0.2, 0.25) is 0 Å². The number of nitrogens with zero attached hydrogens (tertiary/aromatic N) is 1. The minimum Gasteiger partial charge on any atom is -0.486 e. The van der Waals surface area contributed by atoms with Gasteiger partial charge in [-0.3, -0.25) is 4.98 Å². The Morgan fingerprint density at radius 3 is 2.26 bits per heavy atom. The molecule has 6 heteroatoms. The summed E-state index contributed by atoms with van der Waals surface area (Å²) in [7, 11) is 0. The molecule has 2 rings (SSSR count). The van der Waals surface area contributed by atoms with Crippen LogP contribution in [0.4, 0.5) is 0 Å². The maximum Gasteiger partial charge on any atom is 0.148 e. The minimum atomic E-state index is 0.450. The lowest BCUT2D eigenvalue weighted by atomic mass is 10.2. The van der Waals surface area contributed by atoms with E-state index < -0.39 is 0 Å². The Morgan fingerprint density at radius 2 is 1.68 bits per heavy atom. The molecule has 3 nitrogen and oxygen atoms in total. The number of halogens is 3. The molecule has 1 aromatic heterocycles. The molecule has 0 saturated carbocycles. The maximum atomic E-state index is 5.81. The van der Waals surface area contributed by atoms with Crippen LogP contribution in [-0.2, 0) is 13.2 Å². The summed E-state index contributed by atoms with van der Waals surface area (Å²) >= 11 is 10.4. The van der Waals surface area contributed by atoms with E-state index >= 15 is 0 Å². The third-order valence-corrected chi connectivity index (χ3v) is 4.05. The number of rotatable bonds is 4. The Balaban J connectivity index is 2.16. The van der Waals surface area contributed by atoms with Crippen LogP contribution in [0.1, 0.15) is 11.1 Å². The van der Waals surface area contributed by atoms with Gasteiger partial charge in [0, 0.05) is 29.0 Å². The number of benzene rings is 1. The fourth-order valence-corrected chi connectivity index (χ4v) is 3.48. The lowest BCUT2D eigenvalue weighted by Gasteiger charge is -2.12. The number of aromatic nitrogens is 1. The van der Waals surface area contributed by atoms with Gasteiger partial charge >= 0.3 is 0 Å². The second kappa shape index (κ2) is 6.83. The average molecular weight is 451 g/mol. The van der Waals surface area contributed by atoms with Gasteiger partial charge in [0.25, 0.3) is 0 Å². The molecule has 0 radical (unpaired) electrons. The Hall–Kier alpha value is -0.430. The highest BCUT2D eigenvalue weighted by molar-refractivity contribution is 9.11. The van der Waals surface area contributed by atoms with Crippen LogP contribution >= 0.6 is 47.8 Å². The van der Waals surface area contributed by atoms with Crippen molar-refractivity contribution in [2.75, 3.05) is 0 Å². The van der Waals surface area contributed by atoms with E-state index in [1.807, 2.05) is 18.2 Å². The molecule has 0 atom stereocenters. The Kier molecular flexibility index (Phi) is 5.38. The Morgan fingerprint density at radius 1 is 1.00 bits per heavy atom. The molecule has 100 valence electrons. The third kappa shape index (κ3) is 4.02. The molecule has 1 aromatic carbocycles. The molecule has 0 saturated heterocycles. The first-order valence-corrected chi connectivity index (χ1v) is 7.88. The summed E-state index contributed by atoms with van der Waals surface area (Å²) in [5.74, 6) is 0.761. The zero-order chi connectivity index (χ0) is 13.8. The summed E-state index contributed by atoms with van der Waals surface area (Å²) in [4.78, 5) is 4.10. The SMILES string of the molecule is NCc1cc(Br)c(OCc2cncc(Br)c2)c(Br)c1. The summed E-state index contributed by atoms with van der Waals surface area (Å²) in [6, 6.07) is 5.89. The van der Waals surface area contributed by atoms with Gasteiger partial charge in [-0.1, -0.05) is 0 Å². The number of hydrogen-bond acceptors (Lipinski definition) is 3. The van der Waals surface area contributed by atoms with E-state index in [0.29, 0.717) is 13.2 Å². The number of ether oxygens (including phenoxy) is 1. The molecular weight excluding hydrogens is 440 g/mol. The van der Waals surface area contributed by atoms with Crippen molar-refractivity contribution in [3.8, 4) is 5.75 Å². The van der Waals surface area contributed by atoms with Crippen molar-refractivity contribution in [2.45, 2.75) is 13.2 Å². The van der Waals surface area contributed by atoms with Crippen molar-refractivity contribution in [1.29, 1.82) is 0 Å². The Labute approximate surface area is 136 Å². The van der Waals surface area contributed by atoms with E-state index in [1.165, 1.54) is 0 Å². The molecule has 0 spiro atoms. The number of nitrogens with two attached hydrogens (primary N) is 1. The molecule has 0 unspecified atom stereocenters. The predicted octanol–water partition coefficient (Wildman–Crippen LogP) is 4.41. The van der Waals surface area contributed by atoms with Gasteiger partial charge in [-0.15, -0.1) is 0 Å². The maximum absolute atomic E-state index is 5.81. The van der Waals surface area contributed by atoms with Gasteiger partial charge in [-0.05, 0) is 71.6 Å². The van der Waals surface area contributed by atoms with Crippen molar-refractivity contribution in [3.63, 3.8) is 0 Å². The van der Waals surface area contributed by atoms with Crippen LogP contribution in [-0.4, -0.2) is 4.98 Å². The van der Waals surface area contributed by atoms with E-state index in [1.54, 1.807) is 12.4 Å². The lowest BCUT2D eigenvalue weighted by Crippen LogP contribution is -2.00. The fraction of sp³-hybridized carbons (Fsp3) is 0.154. The van der Waals surface area contributed by atoms with E-state index in [0.717, 1.165) is 30.3 Å². The van der Waals surface area contributed by atoms with Gasteiger partial charge < -0.3 is 10.5 Å². The highest BCUT2D eigenvalue weighted by Crippen LogP contribution is 2.35. The lowest BCUT2D eigenvalue weighted by molar-refractivity contribution is 0.301. The average Bonchev–Trinajstić information content (AvgIpc) is 2.37. The topological polar surface area (TPSA) is 48.1 Å². The molecule has 0 amide bonds. The predicted molar refractivity (Wildman–Crippen MR) is 86.0 cm³/mol. The standard InChI is InChI=1S/C13H11Br3N2O/c14-10-1-9(5-18-6-10)7-19-13-11(15)2-8(4-17)3-12(13)16/h1-3,5-6H,4,7,17H2. The number of hydrogen-bond donors (Lipinski definition) is 1. The first kappa shape index (κ1) is 15.0. The van der Waals surface area contributed by atoms with Crippen molar-refractivity contribution >= 4 is 47.8 Å². The van der Waals surface area contributed by atoms with Crippen LogP contribution < -0.4 is 10.5 Å². The van der Waals surface area contributed by atoms with Gasteiger partial charge in [-0.25, -0.2) is 0 Å². The molecule has 19 heavy (non-hydrogen) atoms. The van der Waals surface area contributed by atoms with E-state index in [4.69, 9.17) is 10.5 Å². The molecule has 0 fully saturated rings. The Bertz CT molecular complexity index is 567. The zero-order valence-corrected chi connectivity index (χ0v) is 14.6. The quantitative estimate of drug-likeness (QED) is 0.750. The van der Waals surface area contributed by atoms with Gasteiger partial charge in [0.05, 0.1) is 8.95 Å². The zero-order valence-electron chi connectivity index (χ0n) is 9.87. The highest BCUT2D eigenvalue weighted by Gasteiger charge is 2.09. The van der Waals surface area contributed by atoms with Crippen molar-refractivity contribution in [3.05, 3.63) is 55.1 Å². The molecule has 2 N–H and O–H groups in total. The monoisotopic (exact) mass is 448 g/mol. The van der Waals surface area contributed by atoms with E-state index in [2.05, 4.69) is 52.8 Å². The summed E-state index contributed by atoms with van der Waals surface area (Å²) in [6.07, 6.45) is 3.52. The molecule has 1 heterocycles. The molecule has 0 aliphatic rings. The highest BCUT2D eigenvalue weighted by atomic mass is 79.9. The third-order valence-electron chi connectivity index (χ3n) is 2.44. The van der Waals surface area contributed by atoms with E-state index in [-0.39, 0.29) is 0 Å². The fourth-order valence-electron chi connectivity index (χ4n) is 1.56. The second-order valence-corrected chi connectivity index (χ2v) is 6.52. The first-order valence-electron chi connectivity index (χ1n) is 5.50. The van der Waals surface area contributed by atoms with Gasteiger partial charge in [-0.2, -0.15) is 0 Å². The van der Waals surface area contributed by atoms with Crippen LogP contribution in [0.5, 0.6) is 5.75 Å². The van der Waals surface area contributed by atoms with Crippen LogP contribution in [0.3, 0.4) is 0 Å². The van der Waals surface area contributed by atoms with Gasteiger partial charge in [0.15, 0.2) is 0 Å². The van der Waals surface area contributed by atoms with Gasteiger partial charge in [0.1, 0.15) is 12.4 Å². The van der Waals surface area contributed by atoms with Crippen LogP contribution in [0, 0.1) is 0 Å². The normalized spacial score (nSPS) is 10.5. The summed E-state index contributed by atoms with van der Waals surface area (Å²) in [5.41, 5.74) is 7.66. The summed E-state index contributed by atoms with van der Waals surface area (Å²) in [5, 5.41) is 0. The van der Waals surface area contributed by atoms with Crippen molar-refractivity contribution in [2.24, 2.45) is 5.73 Å². The van der Waals surface area contributed by atoms with Crippen molar-refractivity contribution < 1.29 is 4.74 Å². The summed E-state index contributed by atoms with van der Waals surface area (Å²) < 4.78 is 8.51. The molecular formula is C13H11Br3N2O. The van der Waals surface area contributed by atoms with Crippen LogP contribution in [0.15, 0.2) is 44.0 Å². The summed E-state index contributed by atoms with van der Waals surface area (Å²) in [6.45, 7) is 0.943. The molecule has 0 aliphatic carbocycles. The second-order valence-electron chi connectivity index (χ2n) is 3.89. The van der Waals surface area contributed by atoms with E-state index in [9.17, 15) is 0 Å². The van der Waals surface area contributed by atoms with Crippen molar-refractivity contribution in [1.82, 2.24) is 4.98 Å². The van der Waals surface area contributed by atoms with Gasteiger partial charge in [0.2, 0.25) is 0 Å². The largest absolute Gasteiger partial charge is 0.486 e.